The fourth-order valence-electron chi connectivity index (χ4n) is 4.16. The van der Waals surface area contributed by atoms with E-state index in [4.69, 9.17) is 4.52 Å². The average Bonchev–Trinajstić information content (AvgIpc) is 2.74. The summed E-state index contributed by atoms with van der Waals surface area (Å²) in [6.45, 7) is 7.30. The molecule has 3 rings (SSSR count). The van der Waals surface area contributed by atoms with Crippen molar-refractivity contribution in [2.24, 2.45) is 11.3 Å². The van der Waals surface area contributed by atoms with Crippen LogP contribution in [0.15, 0.2) is 10.7 Å². The lowest BCUT2D eigenvalue weighted by Gasteiger charge is -2.52. The number of hydrogen-bond acceptors (Lipinski definition) is 3. The lowest BCUT2D eigenvalue weighted by molar-refractivity contribution is -0.152. The van der Waals surface area contributed by atoms with E-state index in [-0.39, 0.29) is 16.7 Å². The highest BCUT2D eigenvalue weighted by atomic mass is 16.5. The minimum Gasteiger partial charge on any atom is -0.361 e. The van der Waals surface area contributed by atoms with Crippen LogP contribution in [0.5, 0.6) is 0 Å². The predicted molar refractivity (Wildman–Crippen MR) is 67.1 cm³/mol. The van der Waals surface area contributed by atoms with Crippen molar-refractivity contribution in [1.29, 1.82) is 0 Å². The minimum atomic E-state index is -0.310. The van der Waals surface area contributed by atoms with Gasteiger partial charge in [0.25, 0.3) is 0 Å². The first kappa shape index (κ1) is 11.8. The number of amides is 1. The Labute approximate surface area is 107 Å². The highest BCUT2D eigenvalue weighted by molar-refractivity contribution is 5.84. The molecule has 4 nitrogen and oxygen atoms in total. The largest absolute Gasteiger partial charge is 0.361 e. The summed E-state index contributed by atoms with van der Waals surface area (Å²) in [6.07, 6.45) is 3.56. The molecule has 0 N–H and O–H groups in total. The zero-order valence-electron chi connectivity index (χ0n) is 11.5. The molecule has 0 spiro atoms. The van der Waals surface area contributed by atoms with E-state index >= 15 is 0 Å². The summed E-state index contributed by atoms with van der Waals surface area (Å²) in [7, 11) is 1.90. The van der Waals surface area contributed by atoms with E-state index in [1.54, 1.807) is 6.20 Å². The molecule has 0 saturated carbocycles. The second kappa shape index (κ2) is 3.37. The Balaban J connectivity index is 2.15. The molecule has 1 aromatic rings. The van der Waals surface area contributed by atoms with Gasteiger partial charge in [-0.25, -0.2) is 0 Å². The van der Waals surface area contributed by atoms with Crippen LogP contribution in [0, 0.1) is 11.3 Å². The van der Waals surface area contributed by atoms with Gasteiger partial charge in [0.05, 0.1) is 11.6 Å². The van der Waals surface area contributed by atoms with Gasteiger partial charge in [0.15, 0.2) is 0 Å². The van der Waals surface area contributed by atoms with Crippen LogP contribution in [0.1, 0.15) is 38.5 Å². The molecule has 1 saturated heterocycles. The summed E-state index contributed by atoms with van der Waals surface area (Å²) in [4.78, 5) is 14.4. The van der Waals surface area contributed by atoms with Crippen LogP contribution in [0.25, 0.3) is 0 Å². The zero-order valence-corrected chi connectivity index (χ0v) is 11.5. The van der Waals surface area contributed by atoms with Crippen LogP contribution in [0.3, 0.4) is 0 Å². The summed E-state index contributed by atoms with van der Waals surface area (Å²) in [5, 5.41) is 3.93. The number of hydrogen-bond donors (Lipinski definition) is 0. The maximum atomic E-state index is 12.6. The molecule has 1 aliphatic carbocycles. The molecule has 2 aliphatic rings. The predicted octanol–water partition coefficient (Wildman–Crippen LogP) is 1.99. The van der Waals surface area contributed by atoms with Gasteiger partial charge in [-0.2, -0.15) is 0 Å². The molecule has 0 bridgehead atoms. The lowest BCUT2D eigenvalue weighted by atomic mass is 9.54. The third-order valence-corrected chi connectivity index (χ3v) is 5.02. The monoisotopic (exact) mass is 248 g/mol. The van der Waals surface area contributed by atoms with Crippen LogP contribution < -0.4 is 0 Å². The molecular formula is C14H20N2O2. The second-order valence-electron chi connectivity index (χ2n) is 6.56. The van der Waals surface area contributed by atoms with E-state index in [1.807, 2.05) is 11.9 Å². The first-order chi connectivity index (χ1) is 8.37. The second-order valence-corrected chi connectivity index (χ2v) is 6.56. The van der Waals surface area contributed by atoms with Gasteiger partial charge in [0, 0.05) is 24.6 Å². The first-order valence-corrected chi connectivity index (χ1v) is 6.57. The maximum Gasteiger partial charge on any atom is 0.228 e. The number of aromatic nitrogens is 1. The van der Waals surface area contributed by atoms with Crippen molar-refractivity contribution >= 4 is 5.91 Å². The van der Waals surface area contributed by atoms with Gasteiger partial charge >= 0.3 is 0 Å². The molecule has 4 heteroatoms. The SMILES string of the molecule is CN1CC[C@@H]2C(C)(Cc3cnoc3C2(C)C)C1=O. The molecule has 1 unspecified atom stereocenters. The molecule has 2 atom stereocenters. The van der Waals surface area contributed by atoms with E-state index in [9.17, 15) is 4.79 Å². The summed E-state index contributed by atoms with van der Waals surface area (Å²) in [5.41, 5.74) is 0.674. The van der Waals surface area contributed by atoms with Crippen molar-refractivity contribution < 1.29 is 9.32 Å². The molecular weight excluding hydrogens is 228 g/mol. The van der Waals surface area contributed by atoms with E-state index in [1.165, 1.54) is 0 Å². The summed E-state index contributed by atoms with van der Waals surface area (Å²) in [6, 6.07) is 0. The van der Waals surface area contributed by atoms with Crippen LogP contribution >= 0.6 is 0 Å². The van der Waals surface area contributed by atoms with Crippen molar-refractivity contribution in [2.75, 3.05) is 13.6 Å². The van der Waals surface area contributed by atoms with E-state index < -0.39 is 0 Å². The van der Waals surface area contributed by atoms with Crippen molar-refractivity contribution in [3.05, 3.63) is 17.5 Å². The quantitative estimate of drug-likeness (QED) is 0.705. The molecule has 2 heterocycles. The van der Waals surface area contributed by atoms with Gasteiger partial charge < -0.3 is 9.42 Å². The Kier molecular flexibility index (Phi) is 2.20. The summed E-state index contributed by atoms with van der Waals surface area (Å²) in [5.74, 6) is 1.56. The van der Waals surface area contributed by atoms with E-state index in [0.29, 0.717) is 5.92 Å². The highest BCUT2D eigenvalue weighted by Crippen LogP contribution is 2.54. The molecule has 1 aromatic heterocycles. The fraction of sp³-hybridized carbons (Fsp3) is 0.714. The number of carbonyl (C=O) groups is 1. The molecule has 1 amide bonds. The number of rotatable bonds is 0. The van der Waals surface area contributed by atoms with Crippen molar-refractivity contribution in [1.82, 2.24) is 10.1 Å². The molecule has 18 heavy (non-hydrogen) atoms. The van der Waals surface area contributed by atoms with Crippen LogP contribution in [0.4, 0.5) is 0 Å². The standard InChI is InChI=1S/C14H20N2O2/c1-13(2)10-5-6-16(4)12(17)14(10,3)7-9-8-15-18-11(9)13/h8,10H,5-7H2,1-4H3/t10-,14?/m0/s1. The lowest BCUT2D eigenvalue weighted by Crippen LogP contribution is -2.58. The normalized spacial score (nSPS) is 34.1. The minimum absolute atomic E-state index is 0.115. The van der Waals surface area contributed by atoms with Crippen LogP contribution in [-0.4, -0.2) is 29.6 Å². The molecule has 1 aliphatic heterocycles. The average molecular weight is 248 g/mol. The Morgan fingerprint density at radius 3 is 2.89 bits per heavy atom. The molecule has 0 radical (unpaired) electrons. The van der Waals surface area contributed by atoms with Crippen LogP contribution in [-0.2, 0) is 16.6 Å². The Morgan fingerprint density at radius 2 is 2.17 bits per heavy atom. The third-order valence-electron chi connectivity index (χ3n) is 5.02. The topological polar surface area (TPSA) is 46.3 Å². The first-order valence-electron chi connectivity index (χ1n) is 6.57. The number of piperidine rings is 1. The van der Waals surface area contributed by atoms with Gasteiger partial charge in [-0.05, 0) is 18.8 Å². The number of carbonyl (C=O) groups excluding carboxylic acids is 1. The van der Waals surface area contributed by atoms with Crippen molar-refractivity contribution in [2.45, 2.75) is 39.0 Å². The highest BCUT2D eigenvalue weighted by Gasteiger charge is 2.57. The third kappa shape index (κ3) is 1.26. The smallest absolute Gasteiger partial charge is 0.228 e. The molecule has 98 valence electrons. The zero-order chi connectivity index (χ0) is 13.1. The van der Waals surface area contributed by atoms with Gasteiger partial charge in [-0.15, -0.1) is 0 Å². The Bertz CT molecular complexity index is 506. The Morgan fingerprint density at radius 1 is 1.44 bits per heavy atom. The maximum absolute atomic E-state index is 12.6. The molecule has 1 fully saturated rings. The van der Waals surface area contributed by atoms with Crippen LogP contribution in [0.2, 0.25) is 0 Å². The van der Waals surface area contributed by atoms with Gasteiger partial charge in [0.1, 0.15) is 5.76 Å². The summed E-state index contributed by atoms with van der Waals surface area (Å²) < 4.78 is 5.45. The number of nitrogens with zero attached hydrogens (tertiary/aromatic N) is 2. The summed E-state index contributed by atoms with van der Waals surface area (Å²) >= 11 is 0. The van der Waals surface area contributed by atoms with Gasteiger partial charge in [0.2, 0.25) is 5.91 Å². The van der Waals surface area contributed by atoms with Crippen molar-refractivity contribution in [3.63, 3.8) is 0 Å². The van der Waals surface area contributed by atoms with E-state index in [0.717, 1.165) is 30.7 Å². The van der Waals surface area contributed by atoms with Gasteiger partial charge in [-0.3, -0.25) is 4.79 Å². The number of likely N-dealkylation sites (tertiary alicyclic amines) is 1. The number of fused-ring (bicyclic) bond motifs is 2. The fourth-order valence-corrected chi connectivity index (χ4v) is 4.16. The molecule has 0 aromatic carbocycles. The Hall–Kier alpha value is -1.32. The van der Waals surface area contributed by atoms with Crippen molar-refractivity contribution in [3.8, 4) is 0 Å². The van der Waals surface area contributed by atoms with E-state index in [2.05, 4.69) is 25.9 Å². The van der Waals surface area contributed by atoms with Gasteiger partial charge in [-0.1, -0.05) is 25.9 Å².